The van der Waals surface area contributed by atoms with Gasteiger partial charge >= 0.3 is 0 Å². The number of carbonyl (C=O) groups excluding carboxylic acids is 1. The Hall–Kier alpha value is -0.610. The summed E-state index contributed by atoms with van der Waals surface area (Å²) < 4.78 is 5.43. The smallest absolute Gasteiger partial charge is 0.239 e. The second kappa shape index (κ2) is 5.36. The maximum absolute atomic E-state index is 12.2. The predicted molar refractivity (Wildman–Crippen MR) is 66.5 cm³/mol. The van der Waals surface area contributed by atoms with Crippen molar-refractivity contribution in [3.8, 4) is 0 Å². The van der Waals surface area contributed by atoms with E-state index in [-0.39, 0.29) is 18.1 Å². The number of carbonyl (C=O) groups is 1. The van der Waals surface area contributed by atoms with Crippen LogP contribution in [0, 0.1) is 11.8 Å². The number of piperidine rings is 1. The first-order valence-electron chi connectivity index (χ1n) is 6.70. The predicted octanol–water partition coefficient (Wildman–Crippen LogP) is 0.997. The van der Waals surface area contributed by atoms with Gasteiger partial charge in [-0.1, -0.05) is 13.3 Å². The van der Waals surface area contributed by atoms with Gasteiger partial charge in [0.1, 0.15) is 0 Å². The van der Waals surface area contributed by atoms with Crippen LogP contribution in [0.1, 0.15) is 32.6 Å². The first-order chi connectivity index (χ1) is 8.13. The van der Waals surface area contributed by atoms with E-state index in [0.717, 1.165) is 25.8 Å². The van der Waals surface area contributed by atoms with Crippen LogP contribution >= 0.6 is 0 Å². The molecule has 0 aromatic heterocycles. The Kier molecular flexibility index (Phi) is 4.05. The van der Waals surface area contributed by atoms with E-state index in [4.69, 9.17) is 10.5 Å². The largest absolute Gasteiger partial charge is 0.379 e. The van der Waals surface area contributed by atoms with Crippen molar-refractivity contribution < 1.29 is 9.53 Å². The Balaban J connectivity index is 1.90. The molecule has 2 N–H and O–H groups in total. The van der Waals surface area contributed by atoms with E-state index in [2.05, 4.69) is 6.92 Å². The lowest BCUT2D eigenvalue weighted by Gasteiger charge is -2.39. The quantitative estimate of drug-likeness (QED) is 0.800. The van der Waals surface area contributed by atoms with Crippen molar-refractivity contribution in [1.29, 1.82) is 0 Å². The van der Waals surface area contributed by atoms with Crippen molar-refractivity contribution in [2.75, 3.05) is 20.2 Å². The number of hydrogen-bond donors (Lipinski definition) is 1. The van der Waals surface area contributed by atoms with Crippen LogP contribution in [0.3, 0.4) is 0 Å². The Morgan fingerprint density at radius 3 is 2.65 bits per heavy atom. The van der Waals surface area contributed by atoms with Crippen molar-refractivity contribution in [3.05, 3.63) is 0 Å². The van der Waals surface area contributed by atoms with E-state index >= 15 is 0 Å². The summed E-state index contributed by atoms with van der Waals surface area (Å²) in [6, 6.07) is -0.283. The zero-order valence-electron chi connectivity index (χ0n) is 10.9. The number of rotatable bonds is 3. The molecule has 3 atom stereocenters. The van der Waals surface area contributed by atoms with Crippen molar-refractivity contribution >= 4 is 5.91 Å². The molecule has 2 rings (SSSR count). The zero-order valence-corrected chi connectivity index (χ0v) is 10.9. The van der Waals surface area contributed by atoms with E-state index in [9.17, 15) is 4.79 Å². The number of likely N-dealkylation sites (tertiary alicyclic amines) is 1. The number of hydrogen-bond acceptors (Lipinski definition) is 3. The fourth-order valence-electron chi connectivity index (χ4n) is 2.75. The van der Waals surface area contributed by atoms with Gasteiger partial charge in [-0.25, -0.2) is 0 Å². The highest BCUT2D eigenvalue weighted by atomic mass is 16.5. The Bertz CT molecular complexity index is 279. The van der Waals surface area contributed by atoms with Crippen LogP contribution in [0.25, 0.3) is 0 Å². The molecule has 0 aromatic carbocycles. The van der Waals surface area contributed by atoms with Gasteiger partial charge in [0.2, 0.25) is 5.91 Å². The molecule has 17 heavy (non-hydrogen) atoms. The van der Waals surface area contributed by atoms with E-state index in [0.29, 0.717) is 18.4 Å². The van der Waals surface area contributed by atoms with Gasteiger partial charge in [0.25, 0.3) is 0 Å². The van der Waals surface area contributed by atoms with Crippen molar-refractivity contribution in [3.63, 3.8) is 0 Å². The van der Waals surface area contributed by atoms with Gasteiger partial charge in [0, 0.05) is 20.2 Å². The standard InChI is InChI=1S/C13H24N2O2/c1-9-6-7-15(8-11(9)17-2)13(16)12(14)10-4-3-5-10/h9-12H,3-8,14H2,1-2H3. The lowest BCUT2D eigenvalue weighted by Crippen LogP contribution is -2.54. The summed E-state index contributed by atoms with van der Waals surface area (Å²) in [6.07, 6.45) is 4.64. The Morgan fingerprint density at radius 2 is 2.12 bits per heavy atom. The summed E-state index contributed by atoms with van der Waals surface area (Å²) in [4.78, 5) is 14.1. The van der Waals surface area contributed by atoms with Crippen molar-refractivity contribution in [2.24, 2.45) is 17.6 Å². The summed E-state index contributed by atoms with van der Waals surface area (Å²) in [5.74, 6) is 1.08. The van der Waals surface area contributed by atoms with Gasteiger partial charge < -0.3 is 15.4 Å². The number of ether oxygens (including phenoxy) is 1. The molecular weight excluding hydrogens is 216 g/mol. The second-order valence-electron chi connectivity index (χ2n) is 5.54. The molecular formula is C13H24N2O2. The highest BCUT2D eigenvalue weighted by molar-refractivity contribution is 5.82. The minimum atomic E-state index is -0.283. The minimum absolute atomic E-state index is 0.128. The van der Waals surface area contributed by atoms with Crippen LogP contribution in [0.15, 0.2) is 0 Å². The number of nitrogens with zero attached hydrogens (tertiary/aromatic N) is 1. The van der Waals surface area contributed by atoms with E-state index in [1.165, 1.54) is 6.42 Å². The highest BCUT2D eigenvalue weighted by Gasteiger charge is 2.35. The topological polar surface area (TPSA) is 55.6 Å². The molecule has 0 spiro atoms. The van der Waals surface area contributed by atoms with E-state index < -0.39 is 0 Å². The molecule has 3 unspecified atom stereocenters. The normalized spacial score (nSPS) is 32.1. The lowest BCUT2D eigenvalue weighted by atomic mass is 9.79. The zero-order chi connectivity index (χ0) is 12.4. The van der Waals surface area contributed by atoms with E-state index in [1.807, 2.05) is 4.90 Å². The average Bonchev–Trinajstić information content (AvgIpc) is 2.26. The van der Waals surface area contributed by atoms with Crippen LogP contribution in [-0.4, -0.2) is 43.2 Å². The molecule has 1 amide bonds. The van der Waals surface area contributed by atoms with Gasteiger partial charge in [-0.15, -0.1) is 0 Å². The fraction of sp³-hybridized carbons (Fsp3) is 0.923. The fourth-order valence-corrected chi connectivity index (χ4v) is 2.75. The first kappa shape index (κ1) is 12.8. The Morgan fingerprint density at radius 1 is 1.41 bits per heavy atom. The van der Waals surface area contributed by atoms with Crippen molar-refractivity contribution in [1.82, 2.24) is 4.90 Å². The Labute approximate surface area is 103 Å². The van der Waals surface area contributed by atoms with Crippen LogP contribution < -0.4 is 5.73 Å². The van der Waals surface area contributed by atoms with E-state index in [1.54, 1.807) is 7.11 Å². The molecule has 4 nitrogen and oxygen atoms in total. The molecule has 1 saturated carbocycles. The molecule has 0 bridgehead atoms. The molecule has 0 aromatic rings. The van der Waals surface area contributed by atoms with Gasteiger partial charge in [-0.3, -0.25) is 4.79 Å². The number of nitrogens with two attached hydrogens (primary N) is 1. The number of methoxy groups -OCH3 is 1. The monoisotopic (exact) mass is 240 g/mol. The average molecular weight is 240 g/mol. The third-order valence-electron chi connectivity index (χ3n) is 4.45. The van der Waals surface area contributed by atoms with Crippen LogP contribution in [0.2, 0.25) is 0 Å². The summed E-state index contributed by atoms with van der Waals surface area (Å²) >= 11 is 0. The van der Waals surface area contributed by atoms with Gasteiger partial charge in [-0.2, -0.15) is 0 Å². The van der Waals surface area contributed by atoms with Crippen LogP contribution in [0.5, 0.6) is 0 Å². The van der Waals surface area contributed by atoms with Gasteiger partial charge in [-0.05, 0) is 31.1 Å². The summed E-state index contributed by atoms with van der Waals surface area (Å²) in [5, 5.41) is 0. The molecule has 4 heteroatoms. The third kappa shape index (κ3) is 2.63. The molecule has 1 aliphatic heterocycles. The number of amides is 1. The molecule has 1 heterocycles. The van der Waals surface area contributed by atoms with Gasteiger partial charge in [0.05, 0.1) is 12.1 Å². The maximum atomic E-state index is 12.2. The third-order valence-corrected chi connectivity index (χ3v) is 4.45. The molecule has 2 fully saturated rings. The SMILES string of the molecule is COC1CN(C(=O)C(N)C2CCC2)CCC1C. The molecule has 1 aliphatic carbocycles. The summed E-state index contributed by atoms with van der Waals surface area (Å²) in [5.41, 5.74) is 6.04. The molecule has 1 saturated heterocycles. The highest BCUT2D eigenvalue weighted by Crippen LogP contribution is 2.30. The van der Waals surface area contributed by atoms with Gasteiger partial charge in [0.15, 0.2) is 0 Å². The van der Waals surface area contributed by atoms with Crippen LogP contribution in [-0.2, 0) is 9.53 Å². The molecule has 98 valence electrons. The molecule has 2 aliphatic rings. The molecule has 0 radical (unpaired) electrons. The van der Waals surface area contributed by atoms with Crippen molar-refractivity contribution in [2.45, 2.75) is 44.8 Å². The minimum Gasteiger partial charge on any atom is -0.379 e. The van der Waals surface area contributed by atoms with Crippen LogP contribution in [0.4, 0.5) is 0 Å². The second-order valence-corrected chi connectivity index (χ2v) is 5.54. The maximum Gasteiger partial charge on any atom is 0.239 e. The summed E-state index contributed by atoms with van der Waals surface area (Å²) in [7, 11) is 1.72. The summed E-state index contributed by atoms with van der Waals surface area (Å²) in [6.45, 7) is 3.72. The lowest BCUT2D eigenvalue weighted by molar-refractivity contribution is -0.139. The first-order valence-corrected chi connectivity index (χ1v) is 6.70.